The van der Waals surface area contributed by atoms with Crippen LogP contribution in [-0.2, 0) is 7.05 Å². The fourth-order valence-electron chi connectivity index (χ4n) is 1.61. The molecule has 1 heterocycles. The van der Waals surface area contributed by atoms with Crippen molar-refractivity contribution in [3.63, 3.8) is 0 Å². The van der Waals surface area contributed by atoms with Crippen LogP contribution in [0.4, 0.5) is 4.39 Å². The molecule has 104 valence electrons. The smallest absolute Gasteiger partial charge is 0.282 e. The first kappa shape index (κ1) is 14.5. The van der Waals surface area contributed by atoms with Crippen molar-refractivity contribution in [3.05, 3.63) is 61.8 Å². The summed E-state index contributed by atoms with van der Waals surface area (Å²) in [5, 5.41) is 7.75. The summed E-state index contributed by atoms with van der Waals surface area (Å²) in [5.74, 6) is -1.78. The largest absolute Gasteiger partial charge is 0.336 e. The summed E-state index contributed by atoms with van der Waals surface area (Å²) in [6.07, 6.45) is 0.668. The monoisotopic (exact) mass is 315 g/mol. The van der Waals surface area contributed by atoms with Gasteiger partial charge in [0.05, 0.1) is 6.20 Å². The van der Waals surface area contributed by atoms with Crippen LogP contribution in [0.15, 0.2) is 29.2 Å². The van der Waals surface area contributed by atoms with Gasteiger partial charge in [-0.3, -0.25) is 14.8 Å². The minimum atomic E-state index is -0.992. The van der Waals surface area contributed by atoms with Crippen LogP contribution in [0.2, 0.25) is 10.0 Å². The molecule has 5 nitrogen and oxygen atoms in total. The van der Waals surface area contributed by atoms with Gasteiger partial charge in [-0.05, 0) is 18.2 Å². The molecule has 1 aromatic heterocycles. The lowest BCUT2D eigenvalue weighted by atomic mass is 10.2. The Morgan fingerprint density at radius 3 is 2.35 bits per heavy atom. The second-order valence-electron chi connectivity index (χ2n) is 4.00. The van der Waals surface area contributed by atoms with Crippen molar-refractivity contribution in [2.24, 2.45) is 7.05 Å². The van der Waals surface area contributed by atoms with E-state index >= 15 is 0 Å². The molecule has 0 radical (unpaired) electrons. The van der Waals surface area contributed by atoms with E-state index in [0.717, 1.165) is 4.57 Å². The average molecular weight is 316 g/mol. The summed E-state index contributed by atoms with van der Waals surface area (Å²) < 4.78 is 14.8. The SMILES string of the molecule is Cn1c(=N)c(F)cn(C(=O)c2cc(Cl)cc(Cl)c2)c1=O. The summed E-state index contributed by atoms with van der Waals surface area (Å²) >= 11 is 11.6. The Labute approximate surface area is 122 Å². The number of aromatic nitrogens is 2. The highest BCUT2D eigenvalue weighted by Crippen LogP contribution is 2.19. The number of hydrogen-bond donors (Lipinski definition) is 1. The van der Waals surface area contributed by atoms with Crippen molar-refractivity contribution >= 4 is 29.1 Å². The summed E-state index contributed by atoms with van der Waals surface area (Å²) in [6.45, 7) is 0. The Kier molecular flexibility index (Phi) is 3.78. The third-order valence-corrected chi connectivity index (χ3v) is 3.06. The second kappa shape index (κ2) is 5.22. The molecule has 2 aromatic rings. The highest BCUT2D eigenvalue weighted by atomic mass is 35.5. The van der Waals surface area contributed by atoms with Gasteiger partial charge in [0.2, 0.25) is 0 Å². The number of hydrogen-bond acceptors (Lipinski definition) is 3. The minimum absolute atomic E-state index is 0.0433. The molecular weight excluding hydrogens is 308 g/mol. The molecule has 0 aliphatic heterocycles. The zero-order valence-corrected chi connectivity index (χ0v) is 11.7. The van der Waals surface area contributed by atoms with Crippen LogP contribution in [0.5, 0.6) is 0 Å². The summed E-state index contributed by atoms with van der Waals surface area (Å²) in [6, 6.07) is 4.06. The van der Waals surface area contributed by atoms with Gasteiger partial charge in [0, 0.05) is 22.7 Å². The first-order valence-electron chi connectivity index (χ1n) is 5.35. The molecule has 20 heavy (non-hydrogen) atoms. The van der Waals surface area contributed by atoms with E-state index in [1.165, 1.54) is 25.2 Å². The molecule has 0 aliphatic rings. The average Bonchev–Trinajstić information content (AvgIpc) is 2.38. The van der Waals surface area contributed by atoms with E-state index in [0.29, 0.717) is 10.8 Å². The zero-order valence-electron chi connectivity index (χ0n) is 10.2. The highest BCUT2D eigenvalue weighted by Gasteiger charge is 2.15. The molecule has 0 amide bonds. The van der Waals surface area contributed by atoms with Crippen LogP contribution >= 0.6 is 23.2 Å². The van der Waals surface area contributed by atoms with Gasteiger partial charge in [-0.1, -0.05) is 23.2 Å². The highest BCUT2D eigenvalue weighted by molar-refractivity contribution is 6.35. The Hall–Kier alpha value is -1.92. The molecule has 0 fully saturated rings. The predicted octanol–water partition coefficient (Wildman–Crippen LogP) is 1.80. The van der Waals surface area contributed by atoms with Crippen molar-refractivity contribution in [2.75, 3.05) is 0 Å². The van der Waals surface area contributed by atoms with E-state index in [-0.39, 0.29) is 15.6 Å². The second-order valence-corrected chi connectivity index (χ2v) is 4.87. The third-order valence-electron chi connectivity index (χ3n) is 2.63. The molecule has 0 bridgehead atoms. The van der Waals surface area contributed by atoms with Crippen LogP contribution in [0.3, 0.4) is 0 Å². The lowest BCUT2D eigenvalue weighted by Crippen LogP contribution is -2.42. The Bertz CT molecular complexity index is 806. The van der Waals surface area contributed by atoms with Crippen LogP contribution in [0.25, 0.3) is 0 Å². The molecule has 0 unspecified atom stereocenters. The first-order valence-corrected chi connectivity index (χ1v) is 6.10. The Balaban J connectivity index is 2.66. The van der Waals surface area contributed by atoms with Gasteiger partial charge in [-0.25, -0.2) is 13.8 Å². The number of benzene rings is 1. The van der Waals surface area contributed by atoms with Crippen molar-refractivity contribution in [2.45, 2.75) is 0 Å². The van der Waals surface area contributed by atoms with E-state index in [4.69, 9.17) is 28.6 Å². The number of nitrogens with one attached hydrogen (secondary N) is 1. The third kappa shape index (κ3) is 2.52. The Morgan fingerprint density at radius 1 is 1.25 bits per heavy atom. The van der Waals surface area contributed by atoms with E-state index in [2.05, 4.69) is 0 Å². The molecule has 0 saturated heterocycles. The molecule has 0 atom stereocenters. The topological polar surface area (TPSA) is 67.8 Å². The fraction of sp³-hybridized carbons (Fsp3) is 0.0833. The molecule has 0 aliphatic carbocycles. The molecule has 1 aromatic carbocycles. The predicted molar refractivity (Wildman–Crippen MR) is 71.7 cm³/mol. The molecular formula is C12H8Cl2FN3O2. The molecule has 0 spiro atoms. The lowest BCUT2D eigenvalue weighted by Gasteiger charge is -2.08. The van der Waals surface area contributed by atoms with Gasteiger partial charge >= 0.3 is 5.69 Å². The number of carbonyl (C=O) groups excluding carboxylic acids is 1. The van der Waals surface area contributed by atoms with Crippen molar-refractivity contribution < 1.29 is 9.18 Å². The minimum Gasteiger partial charge on any atom is -0.282 e. The van der Waals surface area contributed by atoms with Gasteiger partial charge in [0.1, 0.15) is 0 Å². The maximum atomic E-state index is 13.5. The van der Waals surface area contributed by atoms with Gasteiger partial charge in [-0.2, -0.15) is 0 Å². The van der Waals surface area contributed by atoms with Crippen LogP contribution in [0, 0.1) is 11.2 Å². The van der Waals surface area contributed by atoms with Crippen LogP contribution in [0.1, 0.15) is 10.4 Å². The van der Waals surface area contributed by atoms with Gasteiger partial charge < -0.3 is 0 Å². The van der Waals surface area contributed by atoms with Crippen molar-refractivity contribution in [1.82, 2.24) is 9.13 Å². The summed E-state index contributed by atoms with van der Waals surface area (Å²) in [5.41, 5.74) is -1.40. The van der Waals surface area contributed by atoms with Crippen LogP contribution < -0.4 is 11.2 Å². The Morgan fingerprint density at radius 2 is 1.80 bits per heavy atom. The lowest BCUT2D eigenvalue weighted by molar-refractivity contribution is 0.0950. The van der Waals surface area contributed by atoms with Crippen LogP contribution in [-0.4, -0.2) is 15.0 Å². The number of rotatable bonds is 1. The standard InChI is InChI=1S/C12H8Cl2FN3O2/c1-17-10(16)9(15)5-18(12(17)20)11(19)6-2-7(13)4-8(14)3-6/h2-5,16H,1H3. The normalized spacial score (nSPS) is 10.6. The van der Waals surface area contributed by atoms with E-state index in [1.807, 2.05) is 0 Å². The zero-order chi connectivity index (χ0) is 15.0. The molecule has 8 heteroatoms. The number of nitrogens with zero attached hydrogens (tertiary/aromatic N) is 2. The van der Waals surface area contributed by atoms with E-state index < -0.39 is 22.9 Å². The van der Waals surface area contributed by atoms with E-state index in [9.17, 15) is 14.0 Å². The maximum absolute atomic E-state index is 13.5. The van der Waals surface area contributed by atoms with Crippen molar-refractivity contribution in [3.8, 4) is 0 Å². The number of carbonyl (C=O) groups is 1. The molecule has 2 rings (SSSR count). The quantitative estimate of drug-likeness (QED) is 0.872. The summed E-state index contributed by atoms with van der Waals surface area (Å²) in [7, 11) is 1.20. The van der Waals surface area contributed by atoms with Gasteiger partial charge in [0.25, 0.3) is 5.91 Å². The fourth-order valence-corrected chi connectivity index (χ4v) is 2.14. The summed E-state index contributed by atoms with van der Waals surface area (Å²) in [4.78, 5) is 24.1. The number of halogens is 3. The van der Waals surface area contributed by atoms with Gasteiger partial charge in [0.15, 0.2) is 11.3 Å². The van der Waals surface area contributed by atoms with Crippen molar-refractivity contribution in [1.29, 1.82) is 5.41 Å². The first-order chi connectivity index (χ1) is 9.31. The molecule has 1 N–H and O–H groups in total. The van der Waals surface area contributed by atoms with Gasteiger partial charge in [-0.15, -0.1) is 0 Å². The van der Waals surface area contributed by atoms with E-state index in [1.54, 1.807) is 0 Å². The maximum Gasteiger partial charge on any atom is 0.336 e. The molecule has 0 saturated carbocycles.